The molecule has 0 unspecified atom stereocenters. The summed E-state index contributed by atoms with van der Waals surface area (Å²) in [6.07, 6.45) is 8.49. The van der Waals surface area contributed by atoms with Gasteiger partial charge in [0.2, 0.25) is 0 Å². The number of rotatable bonds is 4. The van der Waals surface area contributed by atoms with E-state index < -0.39 is 0 Å². The number of hydrogen-bond acceptors (Lipinski definition) is 3. The van der Waals surface area contributed by atoms with Gasteiger partial charge in [-0.15, -0.1) is 0 Å². The summed E-state index contributed by atoms with van der Waals surface area (Å²) in [7, 11) is 4.36. The second kappa shape index (κ2) is 7.83. The molecule has 4 rings (SSSR count). The van der Waals surface area contributed by atoms with Gasteiger partial charge >= 0.3 is 0 Å². The Morgan fingerprint density at radius 2 is 1.74 bits per heavy atom. The van der Waals surface area contributed by atoms with Crippen molar-refractivity contribution in [3.8, 4) is 22.4 Å². The van der Waals surface area contributed by atoms with Crippen molar-refractivity contribution >= 4 is 11.6 Å². The zero-order valence-electron chi connectivity index (χ0n) is 15.8. The number of halogens is 1. The van der Waals surface area contributed by atoms with Crippen molar-refractivity contribution in [3.63, 3.8) is 0 Å². The Morgan fingerprint density at radius 1 is 1.00 bits per heavy atom. The summed E-state index contributed by atoms with van der Waals surface area (Å²) in [5.41, 5.74) is 5.59. The molecule has 1 aliphatic carbocycles. The lowest BCUT2D eigenvalue weighted by atomic mass is 9.81. The van der Waals surface area contributed by atoms with Crippen LogP contribution in [-0.2, 0) is 0 Å². The van der Waals surface area contributed by atoms with E-state index >= 15 is 0 Å². The topological polar surface area (TPSA) is 44.8 Å². The summed E-state index contributed by atoms with van der Waals surface area (Å²) in [5.74, 6) is 0.504. The number of nitrogens with one attached hydrogen (secondary N) is 1. The number of aromatic nitrogens is 3. The lowest BCUT2D eigenvalue weighted by molar-refractivity contribution is 0.215. The predicted molar refractivity (Wildman–Crippen MR) is 111 cm³/mol. The van der Waals surface area contributed by atoms with E-state index in [-0.39, 0.29) is 0 Å². The molecule has 0 bridgehead atoms. The molecule has 0 amide bonds. The van der Waals surface area contributed by atoms with E-state index in [0.717, 1.165) is 21.8 Å². The standard InChI is InChI=1S/C22H25ClN4/c1-27(2)19-8-6-16(7-9-19)21-20(15-10-12-24-13-11-15)22(26-25-21)17-4-3-5-18(23)14-17/h3-5,10-14,16,19H,6-9H2,1-2H3,(H,25,26)/t16-,19+. The fourth-order valence-corrected chi connectivity index (χ4v) is 4.38. The predicted octanol–water partition coefficient (Wildman–Crippen LogP) is 5.38. The lowest BCUT2D eigenvalue weighted by Gasteiger charge is -2.32. The number of benzene rings is 1. The van der Waals surface area contributed by atoms with E-state index in [9.17, 15) is 0 Å². The second-order valence-electron chi connectivity index (χ2n) is 7.58. The lowest BCUT2D eigenvalue weighted by Crippen LogP contribution is -2.31. The number of nitrogens with zero attached hydrogens (tertiary/aromatic N) is 3. The van der Waals surface area contributed by atoms with Gasteiger partial charge in [0, 0.05) is 46.2 Å². The Bertz CT molecular complexity index is 896. The van der Waals surface area contributed by atoms with Crippen LogP contribution in [0.5, 0.6) is 0 Å². The molecule has 1 N–H and O–H groups in total. The van der Waals surface area contributed by atoms with Gasteiger partial charge in [-0.25, -0.2) is 0 Å². The number of aromatic amines is 1. The Balaban J connectivity index is 1.75. The van der Waals surface area contributed by atoms with E-state index in [0.29, 0.717) is 12.0 Å². The fraction of sp³-hybridized carbons (Fsp3) is 0.364. The molecule has 0 atom stereocenters. The van der Waals surface area contributed by atoms with Crippen molar-refractivity contribution in [1.82, 2.24) is 20.1 Å². The Labute approximate surface area is 165 Å². The Kier molecular flexibility index (Phi) is 5.28. The molecule has 1 aliphatic rings. The van der Waals surface area contributed by atoms with Gasteiger partial charge in [-0.2, -0.15) is 5.10 Å². The normalized spacial score (nSPS) is 20.1. The van der Waals surface area contributed by atoms with Crippen LogP contribution in [-0.4, -0.2) is 40.2 Å². The van der Waals surface area contributed by atoms with Crippen LogP contribution in [0.15, 0.2) is 48.8 Å². The van der Waals surface area contributed by atoms with Crippen molar-refractivity contribution in [1.29, 1.82) is 0 Å². The highest BCUT2D eigenvalue weighted by atomic mass is 35.5. The SMILES string of the molecule is CN(C)[C@H]1CC[C@@H](c2[nH]nc(-c3cccc(Cl)c3)c2-c2ccncc2)CC1. The monoisotopic (exact) mass is 380 g/mol. The van der Waals surface area contributed by atoms with Crippen molar-refractivity contribution in [2.75, 3.05) is 14.1 Å². The molecule has 1 fully saturated rings. The molecule has 0 aliphatic heterocycles. The molecule has 0 saturated heterocycles. The van der Waals surface area contributed by atoms with Crippen LogP contribution in [0.4, 0.5) is 0 Å². The van der Waals surface area contributed by atoms with Crippen molar-refractivity contribution in [3.05, 3.63) is 59.5 Å². The third-order valence-electron chi connectivity index (χ3n) is 5.70. The van der Waals surface area contributed by atoms with Gasteiger partial charge in [0.25, 0.3) is 0 Å². The summed E-state index contributed by atoms with van der Waals surface area (Å²) in [4.78, 5) is 6.54. The van der Waals surface area contributed by atoms with Crippen LogP contribution in [0.1, 0.15) is 37.3 Å². The minimum atomic E-state index is 0.504. The van der Waals surface area contributed by atoms with Crippen LogP contribution in [0.3, 0.4) is 0 Å². The van der Waals surface area contributed by atoms with E-state index in [2.05, 4.69) is 47.3 Å². The first-order valence-corrected chi connectivity index (χ1v) is 9.92. The molecule has 1 saturated carbocycles. The average Bonchev–Trinajstić information content (AvgIpc) is 3.14. The molecule has 27 heavy (non-hydrogen) atoms. The average molecular weight is 381 g/mol. The molecule has 0 spiro atoms. The summed E-state index contributed by atoms with van der Waals surface area (Å²) < 4.78 is 0. The third-order valence-corrected chi connectivity index (χ3v) is 5.93. The second-order valence-corrected chi connectivity index (χ2v) is 8.01. The highest BCUT2D eigenvalue weighted by Crippen LogP contribution is 2.42. The van der Waals surface area contributed by atoms with Crippen molar-refractivity contribution in [2.24, 2.45) is 0 Å². The molecular weight excluding hydrogens is 356 g/mol. The quantitative estimate of drug-likeness (QED) is 0.660. The van der Waals surface area contributed by atoms with E-state index in [1.54, 1.807) is 0 Å². The summed E-state index contributed by atoms with van der Waals surface area (Å²) in [5, 5.41) is 8.82. The molecule has 5 heteroatoms. The molecule has 4 nitrogen and oxygen atoms in total. The highest BCUT2D eigenvalue weighted by molar-refractivity contribution is 6.30. The van der Waals surface area contributed by atoms with Gasteiger partial charge < -0.3 is 4.90 Å². The van der Waals surface area contributed by atoms with Crippen LogP contribution >= 0.6 is 11.6 Å². The molecule has 0 radical (unpaired) electrons. The minimum Gasteiger partial charge on any atom is -0.306 e. The Hall–Kier alpha value is -2.17. The first-order valence-electron chi connectivity index (χ1n) is 9.54. The van der Waals surface area contributed by atoms with Crippen LogP contribution in [0.2, 0.25) is 5.02 Å². The molecule has 140 valence electrons. The van der Waals surface area contributed by atoms with E-state index in [4.69, 9.17) is 16.7 Å². The number of H-pyrrole nitrogens is 1. The molecular formula is C22H25ClN4. The third kappa shape index (κ3) is 3.78. The van der Waals surface area contributed by atoms with Crippen molar-refractivity contribution in [2.45, 2.75) is 37.6 Å². The van der Waals surface area contributed by atoms with Crippen LogP contribution in [0.25, 0.3) is 22.4 Å². The molecule has 1 aromatic carbocycles. The molecule has 2 heterocycles. The zero-order chi connectivity index (χ0) is 18.8. The largest absolute Gasteiger partial charge is 0.306 e. The minimum absolute atomic E-state index is 0.504. The maximum absolute atomic E-state index is 6.24. The highest BCUT2D eigenvalue weighted by Gasteiger charge is 2.28. The van der Waals surface area contributed by atoms with E-state index in [1.807, 2.05) is 30.6 Å². The van der Waals surface area contributed by atoms with Gasteiger partial charge in [-0.05, 0) is 69.6 Å². The van der Waals surface area contributed by atoms with Gasteiger partial charge in [-0.1, -0.05) is 23.7 Å². The van der Waals surface area contributed by atoms with Crippen LogP contribution < -0.4 is 0 Å². The Morgan fingerprint density at radius 3 is 2.41 bits per heavy atom. The van der Waals surface area contributed by atoms with E-state index in [1.165, 1.54) is 36.9 Å². The smallest absolute Gasteiger partial charge is 0.100 e. The van der Waals surface area contributed by atoms with Gasteiger partial charge in [0.1, 0.15) is 5.69 Å². The summed E-state index contributed by atoms with van der Waals surface area (Å²) in [6, 6.07) is 12.7. The van der Waals surface area contributed by atoms with Gasteiger partial charge in [-0.3, -0.25) is 10.1 Å². The maximum atomic E-state index is 6.24. The summed E-state index contributed by atoms with van der Waals surface area (Å²) >= 11 is 6.24. The number of hydrogen-bond donors (Lipinski definition) is 1. The maximum Gasteiger partial charge on any atom is 0.100 e. The molecule has 2 aromatic heterocycles. The van der Waals surface area contributed by atoms with Gasteiger partial charge in [0.05, 0.1) is 0 Å². The zero-order valence-corrected chi connectivity index (χ0v) is 16.6. The molecule has 3 aromatic rings. The van der Waals surface area contributed by atoms with Gasteiger partial charge in [0.15, 0.2) is 0 Å². The fourth-order valence-electron chi connectivity index (χ4n) is 4.19. The first kappa shape index (κ1) is 18.2. The summed E-state index contributed by atoms with van der Waals surface area (Å²) in [6.45, 7) is 0. The number of pyridine rings is 1. The first-order chi connectivity index (χ1) is 13.1. The van der Waals surface area contributed by atoms with Crippen LogP contribution in [0, 0.1) is 0 Å². The van der Waals surface area contributed by atoms with Crippen molar-refractivity contribution < 1.29 is 0 Å².